The number of β-amino-alcohol motifs (C(OH)–C–C–N with tert-alkyl or cyclic N) is 1. The summed E-state index contributed by atoms with van der Waals surface area (Å²) >= 11 is 9.71. The molecule has 1 fully saturated rings. The molecule has 1 amide bonds. The van der Waals surface area contributed by atoms with E-state index in [-0.39, 0.29) is 17.9 Å². The monoisotopic (exact) mass is 491 g/mol. The molecule has 4 rings (SSSR count). The highest BCUT2D eigenvalue weighted by molar-refractivity contribution is 9.10. The van der Waals surface area contributed by atoms with Crippen molar-refractivity contribution in [3.63, 3.8) is 0 Å². The second-order valence-corrected chi connectivity index (χ2v) is 8.52. The number of rotatable bonds is 4. The van der Waals surface area contributed by atoms with Gasteiger partial charge in [-0.2, -0.15) is 0 Å². The van der Waals surface area contributed by atoms with Crippen molar-refractivity contribution in [2.24, 2.45) is 0 Å². The molecule has 3 aromatic rings. The van der Waals surface area contributed by atoms with E-state index in [0.717, 1.165) is 10.0 Å². The van der Waals surface area contributed by atoms with E-state index in [1.807, 2.05) is 13.0 Å². The Kier molecular flexibility index (Phi) is 5.86. The van der Waals surface area contributed by atoms with Crippen molar-refractivity contribution in [2.75, 3.05) is 19.7 Å². The van der Waals surface area contributed by atoms with Gasteiger partial charge in [-0.3, -0.25) is 9.59 Å². The average Bonchev–Trinajstić information content (AvgIpc) is 3.15. The average molecular weight is 493 g/mol. The molecule has 1 N–H and O–H groups in total. The van der Waals surface area contributed by atoms with E-state index >= 15 is 0 Å². The molecule has 1 atom stereocenters. The molecule has 0 bridgehead atoms. The highest BCUT2D eigenvalue weighted by Gasteiger charge is 2.25. The Hall–Kier alpha value is -2.35. The molecular weight excluding hydrogens is 474 g/mol. The number of likely N-dealkylation sites (tertiary alicyclic amines) is 1. The third kappa shape index (κ3) is 4.10. The summed E-state index contributed by atoms with van der Waals surface area (Å²) in [5.41, 5.74) is 1.54. The van der Waals surface area contributed by atoms with Gasteiger partial charge in [0.05, 0.1) is 22.1 Å². The largest absolute Gasteiger partial charge is 0.483 e. The SMILES string of the molecule is Cc1cc(-c2cc(=O)c3cccc(Cl)c3o2)c(OCC(=O)N2CC[C@H](O)C2)cc1Br. The van der Waals surface area contributed by atoms with Crippen LogP contribution in [0.1, 0.15) is 12.0 Å². The fraction of sp³-hybridized carbons (Fsp3) is 0.273. The lowest BCUT2D eigenvalue weighted by molar-refractivity contribution is -0.132. The minimum Gasteiger partial charge on any atom is -0.483 e. The van der Waals surface area contributed by atoms with E-state index in [0.29, 0.717) is 52.6 Å². The maximum absolute atomic E-state index is 12.6. The molecule has 1 saturated heterocycles. The molecule has 156 valence electrons. The summed E-state index contributed by atoms with van der Waals surface area (Å²) in [5.74, 6) is 0.488. The Morgan fingerprint density at radius 3 is 2.90 bits per heavy atom. The Bertz CT molecular complexity index is 1190. The van der Waals surface area contributed by atoms with E-state index in [1.165, 1.54) is 6.07 Å². The molecule has 1 aliphatic heterocycles. The summed E-state index contributed by atoms with van der Waals surface area (Å²) in [6.07, 6.45) is 0.0745. The van der Waals surface area contributed by atoms with E-state index in [4.69, 9.17) is 20.8 Å². The zero-order valence-corrected chi connectivity index (χ0v) is 18.5. The van der Waals surface area contributed by atoms with Crippen LogP contribution in [0.4, 0.5) is 0 Å². The summed E-state index contributed by atoms with van der Waals surface area (Å²) in [6, 6.07) is 9.97. The first-order valence-electron chi connectivity index (χ1n) is 9.45. The number of hydrogen-bond acceptors (Lipinski definition) is 5. The van der Waals surface area contributed by atoms with Gasteiger partial charge in [0, 0.05) is 23.6 Å². The van der Waals surface area contributed by atoms with E-state index in [2.05, 4.69) is 15.9 Å². The normalized spacial score (nSPS) is 16.3. The zero-order valence-electron chi connectivity index (χ0n) is 16.2. The second-order valence-electron chi connectivity index (χ2n) is 7.26. The predicted molar refractivity (Wildman–Crippen MR) is 118 cm³/mol. The van der Waals surface area contributed by atoms with Crippen molar-refractivity contribution in [1.82, 2.24) is 4.90 Å². The molecular formula is C22H19BrClNO5. The molecule has 0 radical (unpaired) electrons. The van der Waals surface area contributed by atoms with Crippen molar-refractivity contribution < 1.29 is 19.1 Å². The topological polar surface area (TPSA) is 80.0 Å². The highest BCUT2D eigenvalue weighted by atomic mass is 79.9. The van der Waals surface area contributed by atoms with Gasteiger partial charge in [-0.05, 0) is 43.2 Å². The third-order valence-electron chi connectivity index (χ3n) is 5.10. The van der Waals surface area contributed by atoms with Crippen LogP contribution in [-0.2, 0) is 4.79 Å². The number of carbonyl (C=O) groups is 1. The van der Waals surface area contributed by atoms with Crippen LogP contribution in [0.5, 0.6) is 5.75 Å². The van der Waals surface area contributed by atoms with E-state index in [1.54, 1.807) is 29.2 Å². The maximum Gasteiger partial charge on any atom is 0.260 e. The maximum atomic E-state index is 12.6. The molecule has 1 aliphatic rings. The van der Waals surface area contributed by atoms with Crippen LogP contribution in [0.2, 0.25) is 5.02 Å². The zero-order chi connectivity index (χ0) is 21.4. The van der Waals surface area contributed by atoms with Crippen LogP contribution >= 0.6 is 27.5 Å². The number of halogens is 2. The number of aryl methyl sites for hydroxylation is 1. The third-order valence-corrected chi connectivity index (χ3v) is 6.25. The fourth-order valence-electron chi connectivity index (χ4n) is 3.45. The van der Waals surface area contributed by atoms with Crippen molar-refractivity contribution in [3.05, 3.63) is 61.7 Å². The first kappa shape index (κ1) is 20.9. The van der Waals surface area contributed by atoms with Crippen LogP contribution in [-0.4, -0.2) is 41.7 Å². The van der Waals surface area contributed by atoms with Crippen molar-refractivity contribution >= 4 is 44.4 Å². The van der Waals surface area contributed by atoms with Crippen LogP contribution in [0, 0.1) is 6.92 Å². The predicted octanol–water partition coefficient (Wildman–Crippen LogP) is 4.16. The number of benzene rings is 2. The quantitative estimate of drug-likeness (QED) is 0.592. The minimum atomic E-state index is -0.491. The van der Waals surface area contributed by atoms with Gasteiger partial charge in [-0.25, -0.2) is 0 Å². The Balaban J connectivity index is 1.71. The minimum absolute atomic E-state index is 0.187. The Morgan fingerprint density at radius 2 is 2.17 bits per heavy atom. The number of carbonyl (C=O) groups excluding carboxylic acids is 1. The number of nitrogens with zero attached hydrogens (tertiary/aromatic N) is 1. The van der Waals surface area contributed by atoms with Gasteiger partial charge in [0.2, 0.25) is 0 Å². The van der Waals surface area contributed by atoms with Crippen molar-refractivity contribution in [3.8, 4) is 17.1 Å². The number of hydrogen-bond donors (Lipinski definition) is 1. The van der Waals surface area contributed by atoms with Crippen molar-refractivity contribution in [2.45, 2.75) is 19.4 Å². The van der Waals surface area contributed by atoms with Crippen LogP contribution in [0.25, 0.3) is 22.3 Å². The summed E-state index contributed by atoms with van der Waals surface area (Å²) in [6.45, 7) is 2.53. The standard InChI is InChI=1S/C22H19BrClNO5/c1-12-7-15(20-9-18(27)14-3-2-4-17(24)22(14)30-20)19(8-16(12)23)29-11-21(28)25-6-5-13(26)10-25/h2-4,7-9,13,26H,5-6,10-11H2,1H3/t13-/m0/s1. The summed E-state index contributed by atoms with van der Waals surface area (Å²) in [7, 11) is 0. The van der Waals surface area contributed by atoms with Gasteiger partial charge in [0.15, 0.2) is 17.6 Å². The summed E-state index contributed by atoms with van der Waals surface area (Å²) < 4.78 is 12.6. The molecule has 2 aromatic carbocycles. The molecule has 0 spiro atoms. The van der Waals surface area contributed by atoms with Crippen LogP contribution < -0.4 is 10.2 Å². The van der Waals surface area contributed by atoms with Crippen LogP contribution in [0.3, 0.4) is 0 Å². The molecule has 1 aromatic heterocycles. The molecule has 0 aliphatic carbocycles. The number of ether oxygens (including phenoxy) is 1. The lowest BCUT2D eigenvalue weighted by Gasteiger charge is -2.18. The summed E-state index contributed by atoms with van der Waals surface area (Å²) in [5, 5.41) is 10.4. The van der Waals surface area contributed by atoms with Gasteiger partial charge < -0.3 is 19.2 Å². The molecule has 2 heterocycles. The molecule has 0 saturated carbocycles. The number of amides is 1. The molecule has 0 unspecified atom stereocenters. The first-order valence-corrected chi connectivity index (χ1v) is 10.6. The smallest absolute Gasteiger partial charge is 0.260 e. The second kappa shape index (κ2) is 8.41. The van der Waals surface area contributed by atoms with Gasteiger partial charge in [0.1, 0.15) is 11.5 Å². The Morgan fingerprint density at radius 1 is 1.37 bits per heavy atom. The summed E-state index contributed by atoms with van der Waals surface area (Å²) in [4.78, 5) is 26.6. The van der Waals surface area contributed by atoms with E-state index < -0.39 is 6.10 Å². The number of aliphatic hydroxyl groups excluding tert-OH is 1. The molecule has 8 heteroatoms. The lowest BCUT2D eigenvalue weighted by atomic mass is 10.1. The number of para-hydroxylation sites is 1. The van der Waals surface area contributed by atoms with E-state index in [9.17, 15) is 14.7 Å². The number of fused-ring (bicyclic) bond motifs is 1. The molecule has 6 nitrogen and oxygen atoms in total. The van der Waals surface area contributed by atoms with Gasteiger partial charge in [-0.1, -0.05) is 33.6 Å². The van der Waals surface area contributed by atoms with Crippen LogP contribution in [0.15, 0.2) is 50.1 Å². The van der Waals surface area contributed by atoms with Crippen molar-refractivity contribution in [1.29, 1.82) is 0 Å². The highest BCUT2D eigenvalue weighted by Crippen LogP contribution is 2.36. The van der Waals surface area contributed by atoms with Gasteiger partial charge in [0.25, 0.3) is 5.91 Å². The first-order chi connectivity index (χ1) is 14.3. The number of aliphatic hydroxyl groups is 1. The van der Waals surface area contributed by atoms with Gasteiger partial charge in [-0.15, -0.1) is 0 Å². The Labute approximate surface area is 186 Å². The van der Waals surface area contributed by atoms with Gasteiger partial charge >= 0.3 is 0 Å². The fourth-order valence-corrected chi connectivity index (χ4v) is 3.99. The lowest BCUT2D eigenvalue weighted by Crippen LogP contribution is -2.33. The molecule has 30 heavy (non-hydrogen) atoms.